The summed E-state index contributed by atoms with van der Waals surface area (Å²) in [6.07, 6.45) is 16.4. The minimum absolute atomic E-state index is 0.599. The summed E-state index contributed by atoms with van der Waals surface area (Å²) >= 11 is 0. The van der Waals surface area contributed by atoms with E-state index in [1.165, 1.54) is 64.2 Å². The fourth-order valence-corrected chi connectivity index (χ4v) is 2.94. The molecule has 0 spiro atoms. The summed E-state index contributed by atoms with van der Waals surface area (Å²) in [5.74, 6) is 8.93. The van der Waals surface area contributed by atoms with Crippen molar-refractivity contribution in [2.24, 2.45) is 5.73 Å². The van der Waals surface area contributed by atoms with E-state index in [9.17, 15) is 0 Å². The fourth-order valence-electron chi connectivity index (χ4n) is 2.94. The molecule has 0 aliphatic carbocycles. The van der Waals surface area contributed by atoms with Gasteiger partial charge in [-0.25, -0.2) is 0 Å². The first kappa shape index (κ1) is 29.8. The van der Waals surface area contributed by atoms with Crippen LogP contribution in [0.15, 0.2) is 0 Å². The molecule has 180 valence electrons. The molecule has 0 fully saturated rings. The monoisotopic (exact) mass is 436 g/mol. The number of hydrogen-bond donors (Lipinski definition) is 2. The number of rotatable bonds is 23. The van der Waals surface area contributed by atoms with Gasteiger partial charge in [0.05, 0.1) is 26.4 Å². The second kappa shape index (κ2) is 28.8. The molecule has 0 aliphatic rings. The van der Waals surface area contributed by atoms with Crippen LogP contribution >= 0.6 is 0 Å². The van der Waals surface area contributed by atoms with Crippen LogP contribution in [0.25, 0.3) is 0 Å². The number of nitrogens with two attached hydrogens (primary N) is 1. The third-order valence-electron chi connectivity index (χ3n) is 4.78. The van der Waals surface area contributed by atoms with Gasteiger partial charge in [0.1, 0.15) is 0 Å². The van der Waals surface area contributed by atoms with Crippen molar-refractivity contribution in [1.29, 1.82) is 0 Å². The Morgan fingerprint density at radius 2 is 1.16 bits per heavy atom. The van der Waals surface area contributed by atoms with Crippen LogP contribution in [-0.2, 0) is 14.2 Å². The number of unbranched alkanes of at least 4 members (excludes halogenated alkanes) is 10. The number of nitrogens with one attached hydrogen (secondary N) is 1. The molecule has 0 aliphatic heterocycles. The van der Waals surface area contributed by atoms with Crippen molar-refractivity contribution in [2.75, 3.05) is 52.7 Å². The van der Waals surface area contributed by atoms with Gasteiger partial charge in [0.2, 0.25) is 0 Å². The van der Waals surface area contributed by atoms with Crippen molar-refractivity contribution in [3.63, 3.8) is 0 Å². The smallest absolute Gasteiger partial charge is 0.0701 e. The van der Waals surface area contributed by atoms with Crippen molar-refractivity contribution < 1.29 is 14.2 Å². The van der Waals surface area contributed by atoms with E-state index in [1.54, 1.807) is 0 Å². The maximum Gasteiger partial charge on any atom is 0.0701 e. The van der Waals surface area contributed by atoms with Gasteiger partial charge in [-0.05, 0) is 31.7 Å². The topological polar surface area (TPSA) is 65.7 Å². The third kappa shape index (κ3) is 28.8. The van der Waals surface area contributed by atoms with Gasteiger partial charge < -0.3 is 25.3 Å². The molecule has 0 aromatic rings. The molecule has 0 saturated heterocycles. The van der Waals surface area contributed by atoms with E-state index in [0.717, 1.165) is 25.8 Å². The van der Waals surface area contributed by atoms with Crippen molar-refractivity contribution >= 4 is 0 Å². The van der Waals surface area contributed by atoms with Crippen molar-refractivity contribution in [3.05, 3.63) is 0 Å². The maximum atomic E-state index is 5.51. The summed E-state index contributed by atoms with van der Waals surface area (Å²) in [5, 5.41) is 3.06. The Kier molecular flexibility index (Phi) is 27.6. The maximum absolute atomic E-state index is 5.51. The van der Waals surface area contributed by atoms with Gasteiger partial charge in [0.25, 0.3) is 0 Å². The summed E-state index contributed by atoms with van der Waals surface area (Å²) in [4.78, 5) is 0. The Balaban J connectivity index is 3.20. The largest absolute Gasteiger partial charge is 0.379 e. The van der Waals surface area contributed by atoms with Crippen molar-refractivity contribution in [1.82, 2.24) is 5.32 Å². The van der Waals surface area contributed by atoms with Crippen LogP contribution < -0.4 is 11.1 Å². The molecule has 0 saturated carbocycles. The van der Waals surface area contributed by atoms with Crippen LogP contribution in [-0.4, -0.2) is 52.7 Å². The minimum atomic E-state index is 0.599. The van der Waals surface area contributed by atoms with Gasteiger partial charge in [0, 0.05) is 38.1 Å². The first-order valence-corrected chi connectivity index (χ1v) is 12.6. The van der Waals surface area contributed by atoms with E-state index in [-0.39, 0.29) is 0 Å². The van der Waals surface area contributed by atoms with Gasteiger partial charge in [-0.1, -0.05) is 70.6 Å². The average Bonchev–Trinajstić information content (AvgIpc) is 2.78. The van der Waals surface area contributed by atoms with E-state index >= 15 is 0 Å². The van der Waals surface area contributed by atoms with E-state index in [2.05, 4.69) is 36.0 Å². The van der Waals surface area contributed by atoms with Crippen LogP contribution in [0.4, 0.5) is 0 Å². The Morgan fingerprint density at radius 3 is 1.77 bits per heavy atom. The molecule has 0 unspecified atom stereocenters. The van der Waals surface area contributed by atoms with Gasteiger partial charge in [-0.15, -0.1) is 0 Å². The quantitative estimate of drug-likeness (QED) is 0.139. The van der Waals surface area contributed by atoms with Crippen LogP contribution in [0.2, 0.25) is 0 Å². The Hall–Kier alpha value is -1.24. The molecule has 0 radical (unpaired) electrons. The van der Waals surface area contributed by atoms with E-state index in [0.29, 0.717) is 46.2 Å². The minimum Gasteiger partial charge on any atom is -0.379 e. The molecule has 0 heterocycles. The van der Waals surface area contributed by atoms with Crippen LogP contribution in [0.1, 0.15) is 90.4 Å². The second-order valence-corrected chi connectivity index (χ2v) is 7.74. The van der Waals surface area contributed by atoms with Crippen LogP contribution in [0.5, 0.6) is 0 Å². The summed E-state index contributed by atoms with van der Waals surface area (Å²) in [5.41, 5.74) is 5.39. The Labute approximate surface area is 192 Å². The van der Waals surface area contributed by atoms with E-state index in [4.69, 9.17) is 19.9 Å². The third-order valence-corrected chi connectivity index (χ3v) is 4.78. The highest BCUT2D eigenvalue weighted by atomic mass is 16.5. The van der Waals surface area contributed by atoms with Gasteiger partial charge in [0.15, 0.2) is 0 Å². The number of ether oxygens (including phenoxy) is 3. The lowest BCUT2D eigenvalue weighted by molar-refractivity contribution is 0.0142. The Bertz CT molecular complexity index is 463. The van der Waals surface area contributed by atoms with Crippen LogP contribution in [0.3, 0.4) is 0 Å². The number of hydrogen-bond acceptors (Lipinski definition) is 5. The first-order valence-electron chi connectivity index (χ1n) is 12.6. The predicted octanol–water partition coefficient (Wildman–Crippen LogP) is 4.64. The molecule has 5 heteroatoms. The zero-order valence-electron chi connectivity index (χ0n) is 20.2. The lowest BCUT2D eigenvalue weighted by Crippen LogP contribution is -2.13. The van der Waals surface area contributed by atoms with Gasteiger partial charge in [-0.3, -0.25) is 0 Å². The second-order valence-electron chi connectivity index (χ2n) is 7.74. The lowest BCUT2D eigenvalue weighted by atomic mass is 10.1. The zero-order valence-corrected chi connectivity index (χ0v) is 20.2. The summed E-state index contributed by atoms with van der Waals surface area (Å²) in [6, 6.07) is 2.89. The van der Waals surface area contributed by atoms with Gasteiger partial charge >= 0.3 is 0 Å². The molecule has 0 rings (SSSR count). The normalized spacial score (nSPS) is 10.3. The SMILES string of the molecule is CCCCCCCCCCCCC#CC#CNCCCOCCOCCOCCCN. The zero-order chi connectivity index (χ0) is 22.5. The molecule has 0 aromatic carbocycles. The van der Waals surface area contributed by atoms with E-state index < -0.39 is 0 Å². The molecule has 5 nitrogen and oxygen atoms in total. The Morgan fingerprint density at radius 1 is 0.613 bits per heavy atom. The molecule has 31 heavy (non-hydrogen) atoms. The molecule has 0 bridgehead atoms. The standard InChI is InChI=1S/C26H48N2O3/c1-2-3-4-5-6-7-8-9-10-11-12-13-14-15-19-28-20-17-22-30-24-26-31-25-23-29-21-16-18-27/h28H,2-12,16-18,20-27H2,1H3. The molecule has 0 atom stereocenters. The van der Waals surface area contributed by atoms with Crippen LogP contribution in [0, 0.1) is 23.8 Å². The summed E-state index contributed by atoms with van der Waals surface area (Å²) in [6.45, 7) is 7.58. The highest BCUT2D eigenvalue weighted by Gasteiger charge is 1.93. The average molecular weight is 437 g/mol. The summed E-state index contributed by atoms with van der Waals surface area (Å²) in [7, 11) is 0. The molecular weight excluding hydrogens is 388 g/mol. The highest BCUT2D eigenvalue weighted by Crippen LogP contribution is 2.10. The predicted molar refractivity (Wildman–Crippen MR) is 131 cm³/mol. The molecular formula is C26H48N2O3. The van der Waals surface area contributed by atoms with Crippen molar-refractivity contribution in [2.45, 2.75) is 90.4 Å². The first-order chi connectivity index (χ1) is 15.4. The fraction of sp³-hybridized carbons (Fsp3) is 0.846. The molecule has 0 aromatic heterocycles. The van der Waals surface area contributed by atoms with Gasteiger partial charge in [-0.2, -0.15) is 0 Å². The van der Waals surface area contributed by atoms with Crippen molar-refractivity contribution in [3.8, 4) is 23.8 Å². The molecule has 3 N–H and O–H groups in total. The molecule has 0 amide bonds. The highest BCUT2D eigenvalue weighted by molar-refractivity contribution is 5.24. The summed E-state index contributed by atoms with van der Waals surface area (Å²) < 4.78 is 16.3. The van der Waals surface area contributed by atoms with E-state index in [1.807, 2.05) is 0 Å². The lowest BCUT2D eigenvalue weighted by Gasteiger charge is -2.06.